The molecule has 17 heavy (non-hydrogen) atoms. The fourth-order valence-electron chi connectivity index (χ4n) is 1.77. The van der Waals surface area contributed by atoms with Gasteiger partial charge in [-0.25, -0.2) is 0 Å². The summed E-state index contributed by atoms with van der Waals surface area (Å²) in [4.78, 5) is 11.6. The van der Waals surface area contributed by atoms with Crippen LogP contribution in [0.25, 0.3) is 0 Å². The van der Waals surface area contributed by atoms with E-state index in [1.165, 1.54) is 0 Å². The van der Waals surface area contributed by atoms with Crippen molar-refractivity contribution in [3.8, 4) is 0 Å². The summed E-state index contributed by atoms with van der Waals surface area (Å²) in [6, 6.07) is 0. The molecule has 0 heterocycles. The lowest BCUT2D eigenvalue weighted by Crippen LogP contribution is -2.53. The summed E-state index contributed by atoms with van der Waals surface area (Å²) in [7, 11) is 0. The number of nitrogens with one attached hydrogen (secondary N) is 1. The molecule has 0 aromatic rings. The number of nitrogens with two attached hydrogens (primary N) is 1. The first-order chi connectivity index (χ1) is 7.43. The van der Waals surface area contributed by atoms with Gasteiger partial charge in [0.1, 0.15) is 6.61 Å². The summed E-state index contributed by atoms with van der Waals surface area (Å²) < 4.78 is 5.19. The summed E-state index contributed by atoms with van der Waals surface area (Å²) in [5.74, 6) is 0.424. The van der Waals surface area contributed by atoms with Gasteiger partial charge in [-0.05, 0) is 25.7 Å². The molecule has 0 fully saturated rings. The van der Waals surface area contributed by atoms with Gasteiger partial charge in [0.15, 0.2) is 0 Å². The molecule has 0 radical (unpaired) electrons. The predicted octanol–water partition coefficient (Wildman–Crippen LogP) is 1.71. The van der Waals surface area contributed by atoms with Gasteiger partial charge in [0.2, 0.25) is 5.91 Å². The Morgan fingerprint density at radius 1 is 1.47 bits per heavy atom. The molecule has 0 spiro atoms. The number of amides is 1. The number of ether oxygens (including phenoxy) is 1. The second-order valence-electron chi connectivity index (χ2n) is 4.96. The molecule has 0 rings (SSSR count). The quantitative estimate of drug-likeness (QED) is 0.658. The molecule has 3 N–H and O–H groups in total. The maximum absolute atomic E-state index is 11.6. The van der Waals surface area contributed by atoms with Crippen LogP contribution in [0.2, 0.25) is 0 Å². The monoisotopic (exact) mass is 266 g/mol. The van der Waals surface area contributed by atoms with Crippen LogP contribution in [0.15, 0.2) is 0 Å². The molecular weight excluding hydrogens is 240 g/mol. The summed E-state index contributed by atoms with van der Waals surface area (Å²) in [6.07, 6.45) is 1.80. The second kappa shape index (κ2) is 9.68. The Morgan fingerprint density at radius 3 is 2.47 bits per heavy atom. The van der Waals surface area contributed by atoms with Crippen molar-refractivity contribution < 1.29 is 9.53 Å². The number of hydrogen-bond acceptors (Lipinski definition) is 3. The lowest BCUT2D eigenvalue weighted by molar-refractivity contribution is -0.127. The molecule has 0 saturated carbocycles. The summed E-state index contributed by atoms with van der Waals surface area (Å²) >= 11 is 0. The highest BCUT2D eigenvalue weighted by Gasteiger charge is 2.25. The number of carbonyl (C=O) groups is 1. The van der Waals surface area contributed by atoms with E-state index in [1.807, 2.05) is 13.8 Å². The number of rotatable bonds is 8. The summed E-state index contributed by atoms with van der Waals surface area (Å²) in [6.45, 7) is 9.43. The van der Waals surface area contributed by atoms with E-state index in [4.69, 9.17) is 10.5 Å². The summed E-state index contributed by atoms with van der Waals surface area (Å²) in [5, 5.41) is 2.94. The third-order valence-corrected chi connectivity index (χ3v) is 2.33. The largest absolute Gasteiger partial charge is 0.372 e. The van der Waals surface area contributed by atoms with Crippen LogP contribution in [0.3, 0.4) is 0 Å². The molecule has 0 aromatic carbocycles. The summed E-state index contributed by atoms with van der Waals surface area (Å²) in [5.41, 5.74) is 5.38. The molecule has 1 unspecified atom stereocenters. The normalized spacial score (nSPS) is 14.0. The van der Waals surface area contributed by atoms with E-state index in [0.717, 1.165) is 12.8 Å². The van der Waals surface area contributed by atoms with Crippen molar-refractivity contribution in [3.63, 3.8) is 0 Å². The van der Waals surface area contributed by atoms with Gasteiger partial charge >= 0.3 is 0 Å². The van der Waals surface area contributed by atoms with E-state index in [9.17, 15) is 4.79 Å². The van der Waals surface area contributed by atoms with E-state index >= 15 is 0 Å². The molecule has 1 amide bonds. The molecule has 0 aliphatic rings. The molecule has 0 aliphatic heterocycles. The highest BCUT2D eigenvalue weighted by atomic mass is 35.5. The second-order valence-corrected chi connectivity index (χ2v) is 4.96. The third-order valence-electron chi connectivity index (χ3n) is 2.33. The highest BCUT2D eigenvalue weighted by Crippen LogP contribution is 2.14. The molecule has 0 aliphatic carbocycles. The minimum absolute atomic E-state index is 0. The minimum Gasteiger partial charge on any atom is -0.372 e. The molecule has 1 atom stereocenters. The molecule has 5 heteroatoms. The van der Waals surface area contributed by atoms with Gasteiger partial charge in [0.05, 0.1) is 0 Å². The Balaban J connectivity index is 0. The first-order valence-corrected chi connectivity index (χ1v) is 6.02. The smallest absolute Gasteiger partial charge is 0.246 e. The maximum atomic E-state index is 11.6. The van der Waals surface area contributed by atoms with E-state index in [2.05, 4.69) is 19.2 Å². The van der Waals surface area contributed by atoms with Gasteiger partial charge in [-0.1, -0.05) is 20.8 Å². The molecule has 104 valence electrons. The van der Waals surface area contributed by atoms with Crippen LogP contribution in [0.5, 0.6) is 0 Å². The molecule has 4 nitrogen and oxygen atoms in total. The van der Waals surface area contributed by atoms with Crippen LogP contribution in [0.1, 0.15) is 40.5 Å². The van der Waals surface area contributed by atoms with Crippen molar-refractivity contribution in [1.29, 1.82) is 0 Å². The van der Waals surface area contributed by atoms with Crippen molar-refractivity contribution in [1.82, 2.24) is 5.32 Å². The lowest BCUT2D eigenvalue weighted by Gasteiger charge is -2.31. The van der Waals surface area contributed by atoms with Crippen molar-refractivity contribution >= 4 is 18.3 Å². The van der Waals surface area contributed by atoms with Gasteiger partial charge < -0.3 is 15.8 Å². The maximum Gasteiger partial charge on any atom is 0.246 e. The molecular formula is C12H27ClN2O2. The Hall–Kier alpha value is -0.320. The van der Waals surface area contributed by atoms with Crippen LogP contribution in [0.4, 0.5) is 0 Å². The SMILES string of the molecule is CCCOCC(=O)NC(C)(CN)CC(C)C.Cl. The lowest BCUT2D eigenvalue weighted by atomic mass is 9.91. The molecule has 0 aromatic heterocycles. The zero-order valence-electron chi connectivity index (χ0n) is 11.4. The van der Waals surface area contributed by atoms with Crippen LogP contribution in [0, 0.1) is 5.92 Å². The number of hydrogen-bond donors (Lipinski definition) is 2. The van der Waals surface area contributed by atoms with E-state index < -0.39 is 0 Å². The van der Waals surface area contributed by atoms with Crippen LogP contribution in [-0.4, -0.2) is 31.2 Å². The van der Waals surface area contributed by atoms with Crippen molar-refractivity contribution in [2.45, 2.75) is 46.1 Å². The van der Waals surface area contributed by atoms with E-state index in [1.54, 1.807) is 0 Å². The average Bonchev–Trinajstić information content (AvgIpc) is 2.16. The van der Waals surface area contributed by atoms with Crippen LogP contribution in [-0.2, 0) is 9.53 Å². The Labute approximate surface area is 111 Å². The van der Waals surface area contributed by atoms with Gasteiger partial charge in [-0.15, -0.1) is 12.4 Å². The topological polar surface area (TPSA) is 64.3 Å². The van der Waals surface area contributed by atoms with Crippen molar-refractivity contribution in [3.05, 3.63) is 0 Å². The van der Waals surface area contributed by atoms with Crippen LogP contribution < -0.4 is 11.1 Å². The standard InChI is InChI=1S/C12H26N2O2.ClH/c1-5-6-16-8-11(15)14-12(4,9-13)7-10(2)3;/h10H,5-9,13H2,1-4H3,(H,14,15);1H. The van der Waals surface area contributed by atoms with Crippen molar-refractivity contribution in [2.24, 2.45) is 11.7 Å². The first kappa shape index (κ1) is 19.0. The Morgan fingerprint density at radius 2 is 2.06 bits per heavy atom. The predicted molar refractivity (Wildman–Crippen MR) is 73.4 cm³/mol. The Bertz CT molecular complexity index is 213. The van der Waals surface area contributed by atoms with Gasteiger partial charge in [-0.2, -0.15) is 0 Å². The number of halogens is 1. The zero-order chi connectivity index (χ0) is 12.6. The van der Waals surface area contributed by atoms with Gasteiger partial charge in [-0.3, -0.25) is 4.79 Å². The van der Waals surface area contributed by atoms with Gasteiger partial charge in [0.25, 0.3) is 0 Å². The molecule has 0 bridgehead atoms. The van der Waals surface area contributed by atoms with E-state index in [0.29, 0.717) is 19.1 Å². The average molecular weight is 267 g/mol. The minimum atomic E-state index is -0.319. The molecule has 0 saturated heterocycles. The fourth-order valence-corrected chi connectivity index (χ4v) is 1.77. The van der Waals surface area contributed by atoms with Crippen LogP contribution >= 0.6 is 12.4 Å². The Kier molecular flexibility index (Phi) is 10.8. The first-order valence-electron chi connectivity index (χ1n) is 6.02. The fraction of sp³-hybridized carbons (Fsp3) is 0.917. The zero-order valence-corrected chi connectivity index (χ0v) is 12.2. The highest BCUT2D eigenvalue weighted by molar-refractivity contribution is 5.85. The van der Waals surface area contributed by atoms with Crippen molar-refractivity contribution in [2.75, 3.05) is 19.8 Å². The third kappa shape index (κ3) is 9.39. The number of carbonyl (C=O) groups excluding carboxylic acids is 1. The van der Waals surface area contributed by atoms with E-state index in [-0.39, 0.29) is 30.5 Å². The van der Waals surface area contributed by atoms with Gasteiger partial charge in [0, 0.05) is 18.7 Å².